The number of rotatable bonds is 4. The van der Waals surface area contributed by atoms with Gasteiger partial charge in [-0.3, -0.25) is 4.72 Å². The minimum atomic E-state index is -4.50. The third-order valence-corrected chi connectivity index (χ3v) is 1.89. The maximum absolute atomic E-state index is 10.4. The fourth-order valence-electron chi connectivity index (χ4n) is 0.967. The fraction of sp³-hybridized carbons (Fsp3) is 0.250. The second-order valence-corrected chi connectivity index (χ2v) is 3.60. The molecule has 5 nitrogen and oxygen atoms in total. The molecule has 0 aliphatic carbocycles. The van der Waals surface area contributed by atoms with E-state index in [0.29, 0.717) is 12.4 Å². The van der Waals surface area contributed by atoms with E-state index < -0.39 is 10.3 Å². The van der Waals surface area contributed by atoms with Crippen LogP contribution in [0, 0.1) is 0 Å². The van der Waals surface area contributed by atoms with Crippen molar-refractivity contribution in [3.8, 4) is 5.75 Å². The van der Waals surface area contributed by atoms with Crippen molar-refractivity contribution < 1.29 is 47.3 Å². The van der Waals surface area contributed by atoms with Crippen LogP contribution < -0.4 is 39.0 Å². The molecule has 0 bridgehead atoms. The molecule has 0 saturated heterocycles. The number of hydrogen-bond donors (Lipinski definition) is 1. The van der Waals surface area contributed by atoms with Crippen LogP contribution in [0.3, 0.4) is 0 Å². The summed E-state index contributed by atoms with van der Waals surface area (Å²) in [5.74, 6) is 0.342. The number of nitrogens with one attached hydrogen (secondary N) is 1. The van der Waals surface area contributed by atoms with Crippen molar-refractivity contribution in [3.05, 3.63) is 24.3 Å². The molecule has 78 valence electrons. The first-order valence-electron chi connectivity index (χ1n) is 3.98. The number of anilines is 1. The van der Waals surface area contributed by atoms with Gasteiger partial charge < -0.3 is 9.29 Å². The Morgan fingerprint density at radius 2 is 2.00 bits per heavy atom. The number of benzene rings is 1. The molecule has 0 heterocycles. The topological polar surface area (TPSA) is 78.5 Å². The van der Waals surface area contributed by atoms with Gasteiger partial charge in [0.1, 0.15) is 5.75 Å². The monoisotopic (exact) mass is 239 g/mol. The molecule has 7 heteroatoms. The van der Waals surface area contributed by atoms with Crippen LogP contribution in [0.15, 0.2) is 24.3 Å². The zero-order chi connectivity index (χ0) is 10.6. The molecule has 0 atom stereocenters. The van der Waals surface area contributed by atoms with Crippen molar-refractivity contribution in [2.45, 2.75) is 6.92 Å². The predicted octanol–water partition coefficient (Wildman–Crippen LogP) is -2.04. The molecule has 0 amide bonds. The van der Waals surface area contributed by atoms with E-state index in [0.717, 1.165) is 0 Å². The second-order valence-electron chi connectivity index (χ2n) is 2.49. The zero-order valence-corrected chi connectivity index (χ0v) is 11.4. The van der Waals surface area contributed by atoms with Gasteiger partial charge in [0, 0.05) is 0 Å². The summed E-state index contributed by atoms with van der Waals surface area (Å²) in [6.45, 7) is 2.17. The number of para-hydroxylation sites is 2. The summed E-state index contributed by atoms with van der Waals surface area (Å²) in [4.78, 5) is 0. The minimum Gasteiger partial charge on any atom is -0.731 e. The molecule has 0 fully saturated rings. The molecular weight excluding hydrogens is 229 g/mol. The molecule has 0 radical (unpaired) electrons. The maximum atomic E-state index is 10.4. The average molecular weight is 239 g/mol. The van der Waals surface area contributed by atoms with Crippen molar-refractivity contribution >= 4 is 16.0 Å². The van der Waals surface area contributed by atoms with Crippen LogP contribution in [-0.2, 0) is 10.3 Å². The molecule has 0 aliphatic heterocycles. The van der Waals surface area contributed by atoms with Crippen LogP contribution in [-0.4, -0.2) is 19.6 Å². The van der Waals surface area contributed by atoms with Gasteiger partial charge in [0.2, 0.25) is 0 Å². The van der Waals surface area contributed by atoms with Crippen molar-refractivity contribution in [2.24, 2.45) is 0 Å². The molecule has 0 aliphatic rings. The zero-order valence-electron chi connectivity index (χ0n) is 8.56. The first-order valence-corrected chi connectivity index (χ1v) is 5.39. The summed E-state index contributed by atoms with van der Waals surface area (Å²) >= 11 is 0. The van der Waals surface area contributed by atoms with Gasteiger partial charge in [0.25, 0.3) is 0 Å². The van der Waals surface area contributed by atoms with Gasteiger partial charge in [0.15, 0.2) is 10.3 Å². The normalized spacial score (nSPS) is 10.3. The summed E-state index contributed by atoms with van der Waals surface area (Å²) in [5, 5.41) is 0. The molecule has 1 aromatic rings. The Bertz CT molecular complexity index is 407. The van der Waals surface area contributed by atoms with Crippen molar-refractivity contribution in [1.29, 1.82) is 0 Å². The summed E-state index contributed by atoms with van der Waals surface area (Å²) in [6.07, 6.45) is 0. The third kappa shape index (κ3) is 5.39. The molecule has 1 aromatic carbocycles. The van der Waals surface area contributed by atoms with Gasteiger partial charge in [-0.15, -0.1) is 0 Å². The number of hydrogen-bond acceptors (Lipinski definition) is 4. The van der Waals surface area contributed by atoms with E-state index in [1.54, 1.807) is 25.1 Å². The summed E-state index contributed by atoms with van der Waals surface area (Å²) < 4.78 is 38.2. The SMILES string of the molecule is CCOc1ccccc1NS(=O)(=O)[O-].[Na+]. The van der Waals surface area contributed by atoms with Crippen LogP contribution in [0.25, 0.3) is 0 Å². The standard InChI is InChI=1S/C8H11NO4S.Na/c1-2-13-8-6-4-3-5-7(8)9-14(10,11)12;/h3-6,9H,2H2,1H3,(H,10,11,12);/q;+1/p-1. The van der Waals surface area contributed by atoms with E-state index >= 15 is 0 Å². The van der Waals surface area contributed by atoms with E-state index in [2.05, 4.69) is 0 Å². The molecule has 0 aromatic heterocycles. The first-order chi connectivity index (χ1) is 6.53. The molecule has 0 spiro atoms. The Morgan fingerprint density at radius 3 is 2.53 bits per heavy atom. The molecule has 0 unspecified atom stereocenters. The maximum Gasteiger partial charge on any atom is 1.00 e. The van der Waals surface area contributed by atoms with E-state index in [4.69, 9.17) is 4.74 Å². The van der Waals surface area contributed by atoms with Gasteiger partial charge in [-0.1, -0.05) is 12.1 Å². The van der Waals surface area contributed by atoms with E-state index in [9.17, 15) is 13.0 Å². The Labute approximate surface area is 111 Å². The summed E-state index contributed by atoms with van der Waals surface area (Å²) in [7, 11) is -4.50. The Hall–Kier alpha value is -0.270. The van der Waals surface area contributed by atoms with Crippen LogP contribution >= 0.6 is 0 Å². The summed E-state index contributed by atoms with van der Waals surface area (Å²) in [5.41, 5.74) is 0.157. The number of ether oxygens (including phenoxy) is 1. The van der Waals surface area contributed by atoms with Gasteiger partial charge in [-0.2, -0.15) is 0 Å². The van der Waals surface area contributed by atoms with Crippen molar-refractivity contribution in [2.75, 3.05) is 11.3 Å². The Kier molecular flexibility index (Phi) is 6.23. The quantitative estimate of drug-likeness (QED) is 0.485. The first kappa shape index (κ1) is 14.7. The Morgan fingerprint density at radius 1 is 1.40 bits per heavy atom. The minimum absolute atomic E-state index is 0. The van der Waals surface area contributed by atoms with Crippen molar-refractivity contribution in [3.63, 3.8) is 0 Å². The molecule has 15 heavy (non-hydrogen) atoms. The smallest absolute Gasteiger partial charge is 0.731 e. The van der Waals surface area contributed by atoms with Gasteiger partial charge in [-0.25, -0.2) is 8.42 Å². The molecular formula is C8H10NNaO4S. The van der Waals surface area contributed by atoms with Crippen LogP contribution in [0.2, 0.25) is 0 Å². The largest absolute Gasteiger partial charge is 1.00 e. The van der Waals surface area contributed by atoms with Crippen LogP contribution in [0.1, 0.15) is 6.92 Å². The average Bonchev–Trinajstić information content (AvgIpc) is 2.06. The van der Waals surface area contributed by atoms with Gasteiger partial charge in [0.05, 0.1) is 12.3 Å². The van der Waals surface area contributed by atoms with Gasteiger partial charge >= 0.3 is 29.6 Å². The van der Waals surface area contributed by atoms with Gasteiger partial charge in [-0.05, 0) is 19.1 Å². The van der Waals surface area contributed by atoms with Crippen LogP contribution in [0.4, 0.5) is 5.69 Å². The molecule has 0 saturated carbocycles. The Balaban J connectivity index is 0.00000196. The van der Waals surface area contributed by atoms with E-state index in [1.807, 2.05) is 4.72 Å². The molecule has 1 N–H and O–H groups in total. The second kappa shape index (κ2) is 6.34. The third-order valence-electron chi connectivity index (χ3n) is 1.42. The predicted molar refractivity (Wildman–Crippen MR) is 50.9 cm³/mol. The fourth-order valence-corrected chi connectivity index (χ4v) is 1.40. The summed E-state index contributed by atoms with van der Waals surface area (Å²) in [6, 6.07) is 6.33. The van der Waals surface area contributed by atoms with E-state index in [1.165, 1.54) is 6.07 Å². The molecule has 1 rings (SSSR count). The van der Waals surface area contributed by atoms with E-state index in [-0.39, 0.29) is 35.2 Å². The van der Waals surface area contributed by atoms with Crippen LogP contribution in [0.5, 0.6) is 5.75 Å². The van der Waals surface area contributed by atoms with Crippen molar-refractivity contribution in [1.82, 2.24) is 0 Å².